The lowest BCUT2D eigenvalue weighted by molar-refractivity contribution is -0.140. The summed E-state index contributed by atoms with van der Waals surface area (Å²) in [7, 11) is 1.61. The van der Waals surface area contributed by atoms with Gasteiger partial charge < -0.3 is 15.0 Å². The maximum absolute atomic E-state index is 13.1. The second-order valence-corrected chi connectivity index (χ2v) is 7.91. The molecule has 2 amide bonds. The number of benzene rings is 2. The van der Waals surface area contributed by atoms with Crippen LogP contribution in [0, 0.1) is 0 Å². The van der Waals surface area contributed by atoms with Crippen molar-refractivity contribution in [1.82, 2.24) is 10.2 Å². The number of ether oxygens (including phenoxy) is 1. The highest BCUT2D eigenvalue weighted by atomic mass is 79.9. The number of hydrogen-bond acceptors (Lipinski definition) is 3. The van der Waals surface area contributed by atoms with Crippen molar-refractivity contribution in [1.29, 1.82) is 0 Å². The lowest BCUT2D eigenvalue weighted by Crippen LogP contribution is -2.48. The average molecular weight is 461 g/mol. The molecular formula is C23H29BrN2O3. The van der Waals surface area contributed by atoms with Crippen LogP contribution in [-0.4, -0.2) is 36.4 Å². The quantitative estimate of drug-likeness (QED) is 0.536. The molecule has 2 aromatic carbocycles. The summed E-state index contributed by atoms with van der Waals surface area (Å²) in [5.74, 6) is 0.534. The summed E-state index contributed by atoms with van der Waals surface area (Å²) in [6.45, 7) is 4.86. The summed E-state index contributed by atoms with van der Waals surface area (Å²) >= 11 is 3.43. The fourth-order valence-corrected chi connectivity index (χ4v) is 3.19. The van der Waals surface area contributed by atoms with Crippen LogP contribution < -0.4 is 10.1 Å². The van der Waals surface area contributed by atoms with Crippen LogP contribution in [0.25, 0.3) is 0 Å². The summed E-state index contributed by atoms with van der Waals surface area (Å²) in [6, 6.07) is 14.7. The number of methoxy groups -OCH3 is 1. The number of rotatable bonds is 10. The molecule has 0 aliphatic carbocycles. The highest BCUT2D eigenvalue weighted by molar-refractivity contribution is 9.10. The molecule has 0 spiro atoms. The van der Waals surface area contributed by atoms with E-state index in [4.69, 9.17) is 4.74 Å². The van der Waals surface area contributed by atoms with Crippen LogP contribution in [0.1, 0.15) is 37.8 Å². The fourth-order valence-electron chi connectivity index (χ4n) is 2.92. The van der Waals surface area contributed by atoms with Gasteiger partial charge in [-0.15, -0.1) is 0 Å². The average Bonchev–Trinajstić information content (AvgIpc) is 2.73. The molecule has 0 bridgehead atoms. The van der Waals surface area contributed by atoms with E-state index in [9.17, 15) is 9.59 Å². The molecule has 29 heavy (non-hydrogen) atoms. The van der Waals surface area contributed by atoms with Gasteiger partial charge >= 0.3 is 0 Å². The molecule has 2 aromatic rings. The van der Waals surface area contributed by atoms with E-state index in [1.807, 2.05) is 48.5 Å². The van der Waals surface area contributed by atoms with Gasteiger partial charge in [0, 0.05) is 17.6 Å². The van der Waals surface area contributed by atoms with Gasteiger partial charge in [0.05, 0.1) is 13.5 Å². The van der Waals surface area contributed by atoms with Crippen molar-refractivity contribution in [3.05, 3.63) is 64.1 Å². The smallest absolute Gasteiger partial charge is 0.242 e. The Labute approximate surface area is 181 Å². The summed E-state index contributed by atoms with van der Waals surface area (Å²) < 4.78 is 6.15. The number of hydrogen-bond donors (Lipinski definition) is 1. The zero-order valence-electron chi connectivity index (χ0n) is 17.3. The molecule has 1 N–H and O–H groups in total. The molecule has 0 saturated carbocycles. The standard InChI is InChI=1S/C23H29BrN2O3/c1-4-5-14-25-23(28)17(2)26(16-19-6-10-20(24)11-7-19)22(27)15-18-8-12-21(29-3)13-9-18/h6-13,17H,4-5,14-16H2,1-3H3,(H,25,28)/t17-/m1/s1. The van der Waals surface area contributed by atoms with Crippen LogP contribution in [0.2, 0.25) is 0 Å². The number of nitrogens with zero attached hydrogens (tertiary/aromatic N) is 1. The van der Waals surface area contributed by atoms with Crippen LogP contribution in [0.3, 0.4) is 0 Å². The minimum atomic E-state index is -0.554. The van der Waals surface area contributed by atoms with Gasteiger partial charge in [-0.25, -0.2) is 0 Å². The topological polar surface area (TPSA) is 58.6 Å². The third kappa shape index (κ3) is 7.20. The first-order valence-electron chi connectivity index (χ1n) is 9.89. The first kappa shape index (κ1) is 22.9. The molecule has 0 unspecified atom stereocenters. The molecule has 0 heterocycles. The minimum absolute atomic E-state index is 0.0868. The monoisotopic (exact) mass is 460 g/mol. The highest BCUT2D eigenvalue weighted by Crippen LogP contribution is 2.17. The Morgan fingerprint density at radius 1 is 1.07 bits per heavy atom. The number of halogens is 1. The Morgan fingerprint density at radius 3 is 2.28 bits per heavy atom. The molecule has 0 aromatic heterocycles. The second kappa shape index (κ2) is 11.6. The van der Waals surface area contributed by atoms with Crippen molar-refractivity contribution in [3.63, 3.8) is 0 Å². The maximum Gasteiger partial charge on any atom is 0.242 e. The lowest BCUT2D eigenvalue weighted by Gasteiger charge is -2.29. The van der Waals surface area contributed by atoms with E-state index in [2.05, 4.69) is 28.2 Å². The molecular weight excluding hydrogens is 432 g/mol. The van der Waals surface area contributed by atoms with Crippen molar-refractivity contribution in [3.8, 4) is 5.75 Å². The van der Waals surface area contributed by atoms with Crippen molar-refractivity contribution >= 4 is 27.7 Å². The molecule has 156 valence electrons. The van der Waals surface area contributed by atoms with Gasteiger partial charge in [0.15, 0.2) is 0 Å². The predicted octanol–water partition coefficient (Wildman–Crippen LogP) is 4.33. The summed E-state index contributed by atoms with van der Waals surface area (Å²) in [5, 5.41) is 2.94. The normalized spacial score (nSPS) is 11.6. The van der Waals surface area contributed by atoms with Gasteiger partial charge in [-0.05, 0) is 48.7 Å². The van der Waals surface area contributed by atoms with Crippen LogP contribution in [0.4, 0.5) is 0 Å². The van der Waals surface area contributed by atoms with Gasteiger partial charge in [-0.3, -0.25) is 9.59 Å². The Hall–Kier alpha value is -2.34. The molecule has 0 aliphatic heterocycles. The van der Waals surface area contributed by atoms with E-state index in [0.29, 0.717) is 13.1 Å². The summed E-state index contributed by atoms with van der Waals surface area (Å²) in [4.78, 5) is 27.4. The van der Waals surface area contributed by atoms with Crippen molar-refractivity contribution < 1.29 is 14.3 Å². The molecule has 6 heteroatoms. The molecule has 2 rings (SSSR count). The number of amides is 2. The third-order valence-electron chi connectivity index (χ3n) is 4.78. The van der Waals surface area contributed by atoms with Gasteiger partial charge in [-0.1, -0.05) is 53.5 Å². The van der Waals surface area contributed by atoms with E-state index in [-0.39, 0.29) is 18.2 Å². The second-order valence-electron chi connectivity index (χ2n) is 6.99. The molecule has 0 aliphatic rings. The van der Waals surface area contributed by atoms with Crippen molar-refractivity contribution in [2.45, 2.75) is 45.7 Å². The zero-order valence-corrected chi connectivity index (χ0v) is 18.9. The maximum atomic E-state index is 13.1. The van der Waals surface area contributed by atoms with Gasteiger partial charge in [0.2, 0.25) is 11.8 Å². The van der Waals surface area contributed by atoms with E-state index in [1.54, 1.807) is 18.9 Å². The Morgan fingerprint density at radius 2 is 1.69 bits per heavy atom. The fraction of sp³-hybridized carbons (Fsp3) is 0.391. The van der Waals surface area contributed by atoms with Crippen molar-refractivity contribution in [2.75, 3.05) is 13.7 Å². The number of carbonyl (C=O) groups excluding carboxylic acids is 2. The minimum Gasteiger partial charge on any atom is -0.497 e. The largest absolute Gasteiger partial charge is 0.497 e. The van der Waals surface area contributed by atoms with Crippen LogP contribution in [0.5, 0.6) is 5.75 Å². The Balaban J connectivity index is 2.15. The van der Waals surface area contributed by atoms with Gasteiger partial charge in [0.25, 0.3) is 0 Å². The van der Waals surface area contributed by atoms with Gasteiger partial charge in [-0.2, -0.15) is 0 Å². The first-order chi connectivity index (χ1) is 13.9. The number of carbonyl (C=O) groups is 2. The summed E-state index contributed by atoms with van der Waals surface area (Å²) in [6.07, 6.45) is 2.16. The highest BCUT2D eigenvalue weighted by Gasteiger charge is 2.26. The lowest BCUT2D eigenvalue weighted by atomic mass is 10.1. The van der Waals surface area contributed by atoms with Gasteiger partial charge in [0.1, 0.15) is 11.8 Å². The Bertz CT molecular complexity index is 791. The van der Waals surface area contributed by atoms with E-state index in [0.717, 1.165) is 34.2 Å². The van der Waals surface area contributed by atoms with E-state index >= 15 is 0 Å². The summed E-state index contributed by atoms with van der Waals surface area (Å²) in [5.41, 5.74) is 1.86. The molecule has 0 radical (unpaired) electrons. The number of nitrogens with one attached hydrogen (secondary N) is 1. The third-order valence-corrected chi connectivity index (χ3v) is 5.31. The van der Waals surface area contributed by atoms with E-state index in [1.165, 1.54) is 0 Å². The Kier molecular flexibility index (Phi) is 9.19. The van der Waals surface area contributed by atoms with Crippen LogP contribution >= 0.6 is 15.9 Å². The SMILES string of the molecule is CCCCNC(=O)[C@@H](C)N(Cc1ccc(Br)cc1)C(=O)Cc1ccc(OC)cc1. The zero-order chi connectivity index (χ0) is 21.2. The predicted molar refractivity (Wildman–Crippen MR) is 119 cm³/mol. The van der Waals surface area contributed by atoms with Crippen molar-refractivity contribution in [2.24, 2.45) is 0 Å². The molecule has 0 saturated heterocycles. The van der Waals surface area contributed by atoms with Crippen LogP contribution in [-0.2, 0) is 22.6 Å². The number of unbranched alkanes of at least 4 members (excludes halogenated alkanes) is 1. The molecule has 0 fully saturated rings. The van der Waals surface area contributed by atoms with E-state index < -0.39 is 6.04 Å². The van der Waals surface area contributed by atoms with Crippen LogP contribution in [0.15, 0.2) is 53.0 Å². The first-order valence-corrected chi connectivity index (χ1v) is 10.7. The molecule has 5 nitrogen and oxygen atoms in total. The molecule has 1 atom stereocenters.